The van der Waals surface area contributed by atoms with Crippen molar-refractivity contribution in [2.24, 2.45) is 0 Å². The predicted molar refractivity (Wildman–Crippen MR) is 98.4 cm³/mol. The van der Waals surface area contributed by atoms with Crippen molar-refractivity contribution in [3.05, 3.63) is 40.9 Å². The van der Waals surface area contributed by atoms with Crippen LogP contribution in [0.3, 0.4) is 0 Å². The molecule has 0 unspecified atom stereocenters. The van der Waals surface area contributed by atoms with Crippen molar-refractivity contribution >= 4 is 45.0 Å². The summed E-state index contributed by atoms with van der Waals surface area (Å²) in [5.41, 5.74) is 0. The third-order valence-corrected chi connectivity index (χ3v) is 4.34. The first-order valence-corrected chi connectivity index (χ1v) is 8.32. The maximum Gasteiger partial charge on any atom is 0.258 e. The number of hydrogen-bond donors (Lipinski definition) is 2. The molecule has 1 saturated heterocycles. The number of carbonyl (C=O) groups is 1. The van der Waals surface area contributed by atoms with Crippen LogP contribution in [0.25, 0.3) is 10.8 Å². The average molecular weight is 400 g/mol. The first-order valence-electron chi connectivity index (χ1n) is 7.53. The van der Waals surface area contributed by atoms with Crippen LogP contribution in [0.15, 0.2) is 40.9 Å². The molecule has 124 valence electrons. The van der Waals surface area contributed by atoms with E-state index in [-0.39, 0.29) is 31.0 Å². The maximum atomic E-state index is 11.9. The summed E-state index contributed by atoms with van der Waals surface area (Å²) in [6.45, 7) is 1.99. The highest BCUT2D eigenvalue weighted by Crippen LogP contribution is 2.24. The summed E-state index contributed by atoms with van der Waals surface area (Å²) in [5.74, 6) is 0.665. The Morgan fingerprint density at radius 1 is 1.17 bits per heavy atom. The van der Waals surface area contributed by atoms with Crippen molar-refractivity contribution in [1.29, 1.82) is 0 Å². The summed E-state index contributed by atoms with van der Waals surface area (Å²) >= 11 is 3.46. The van der Waals surface area contributed by atoms with E-state index in [0.29, 0.717) is 0 Å². The minimum atomic E-state index is -0.0530. The van der Waals surface area contributed by atoms with Gasteiger partial charge in [-0.15, -0.1) is 12.4 Å². The number of halogens is 2. The Bertz CT molecular complexity index is 675. The smallest absolute Gasteiger partial charge is 0.258 e. The summed E-state index contributed by atoms with van der Waals surface area (Å²) in [6, 6.07) is 12.2. The van der Waals surface area contributed by atoms with E-state index >= 15 is 0 Å². The lowest BCUT2D eigenvalue weighted by molar-refractivity contribution is -0.123. The van der Waals surface area contributed by atoms with Gasteiger partial charge in [0, 0.05) is 10.5 Å². The third kappa shape index (κ3) is 5.09. The molecule has 0 bridgehead atoms. The second-order valence-corrected chi connectivity index (χ2v) is 6.45. The van der Waals surface area contributed by atoms with Gasteiger partial charge in [0.1, 0.15) is 5.75 Å². The highest BCUT2D eigenvalue weighted by molar-refractivity contribution is 9.10. The molecule has 6 heteroatoms. The highest BCUT2D eigenvalue weighted by Gasteiger charge is 2.15. The molecule has 2 aromatic rings. The van der Waals surface area contributed by atoms with Crippen LogP contribution >= 0.6 is 28.3 Å². The summed E-state index contributed by atoms with van der Waals surface area (Å²) in [7, 11) is 0. The first kappa shape index (κ1) is 18.0. The molecule has 1 aliphatic rings. The molecule has 0 radical (unpaired) electrons. The normalized spacial score (nSPS) is 15.0. The lowest BCUT2D eigenvalue weighted by atomic mass is 10.1. The molecule has 0 aliphatic carbocycles. The Labute approximate surface area is 150 Å². The second-order valence-electron chi connectivity index (χ2n) is 5.53. The van der Waals surface area contributed by atoms with Gasteiger partial charge in [-0.05, 0) is 61.0 Å². The monoisotopic (exact) mass is 398 g/mol. The van der Waals surface area contributed by atoms with E-state index in [0.717, 1.165) is 46.9 Å². The van der Waals surface area contributed by atoms with Gasteiger partial charge in [0.05, 0.1) is 0 Å². The second kappa shape index (κ2) is 8.52. The Kier molecular flexibility index (Phi) is 6.69. The number of hydrogen-bond acceptors (Lipinski definition) is 3. The fourth-order valence-corrected chi connectivity index (χ4v) is 3.05. The predicted octanol–water partition coefficient (Wildman–Crippen LogP) is 3.27. The number of fused-ring (bicyclic) bond motifs is 1. The quantitative estimate of drug-likeness (QED) is 0.829. The molecular weight excluding hydrogens is 380 g/mol. The van der Waals surface area contributed by atoms with Gasteiger partial charge in [-0.2, -0.15) is 0 Å². The molecule has 1 aliphatic heterocycles. The Balaban J connectivity index is 0.00000192. The van der Waals surface area contributed by atoms with Gasteiger partial charge in [-0.1, -0.05) is 28.1 Å². The van der Waals surface area contributed by atoms with E-state index in [4.69, 9.17) is 4.74 Å². The van der Waals surface area contributed by atoms with Crippen molar-refractivity contribution in [3.63, 3.8) is 0 Å². The summed E-state index contributed by atoms with van der Waals surface area (Å²) in [5, 5.41) is 8.54. The number of benzene rings is 2. The lowest BCUT2D eigenvalue weighted by Crippen LogP contribution is -2.44. The zero-order valence-electron chi connectivity index (χ0n) is 12.7. The molecule has 0 spiro atoms. The fourth-order valence-electron chi connectivity index (χ4n) is 2.67. The van der Waals surface area contributed by atoms with E-state index < -0.39 is 0 Å². The Morgan fingerprint density at radius 2 is 1.87 bits per heavy atom. The molecule has 0 atom stereocenters. The van der Waals surface area contributed by atoms with Crippen LogP contribution in [0.5, 0.6) is 5.75 Å². The fraction of sp³-hybridized carbons (Fsp3) is 0.353. The van der Waals surface area contributed by atoms with Crippen molar-refractivity contribution in [2.45, 2.75) is 18.9 Å². The van der Waals surface area contributed by atoms with E-state index in [2.05, 4.69) is 32.6 Å². The van der Waals surface area contributed by atoms with Crippen LogP contribution < -0.4 is 15.4 Å². The van der Waals surface area contributed by atoms with Gasteiger partial charge in [0.15, 0.2) is 6.61 Å². The van der Waals surface area contributed by atoms with Gasteiger partial charge >= 0.3 is 0 Å². The molecule has 0 aromatic heterocycles. The summed E-state index contributed by atoms with van der Waals surface area (Å²) in [6.07, 6.45) is 1.97. The van der Waals surface area contributed by atoms with Gasteiger partial charge in [-0.3, -0.25) is 4.79 Å². The van der Waals surface area contributed by atoms with E-state index in [9.17, 15) is 4.79 Å². The van der Waals surface area contributed by atoms with Crippen LogP contribution in [0.4, 0.5) is 0 Å². The van der Waals surface area contributed by atoms with E-state index in [1.54, 1.807) is 0 Å². The number of ether oxygens (including phenoxy) is 1. The standard InChI is InChI=1S/C17H19BrN2O2.ClH/c18-14-3-1-13-10-16(4-2-12(13)9-14)22-11-17(21)20-15-5-7-19-8-6-15;/h1-4,9-10,15,19H,5-8,11H2,(H,20,21);1H. The van der Waals surface area contributed by atoms with Crippen LogP contribution in [0, 0.1) is 0 Å². The molecule has 4 nitrogen and oxygen atoms in total. The topological polar surface area (TPSA) is 50.4 Å². The minimum Gasteiger partial charge on any atom is -0.484 e. The van der Waals surface area contributed by atoms with Gasteiger partial charge in [0.25, 0.3) is 5.91 Å². The van der Waals surface area contributed by atoms with Crippen LogP contribution in [-0.2, 0) is 4.79 Å². The Hall–Kier alpha value is -1.30. The first-order chi connectivity index (χ1) is 10.7. The highest BCUT2D eigenvalue weighted by atomic mass is 79.9. The molecule has 1 heterocycles. The van der Waals surface area contributed by atoms with Crippen LogP contribution in [-0.4, -0.2) is 31.6 Å². The Morgan fingerprint density at radius 3 is 2.65 bits per heavy atom. The van der Waals surface area contributed by atoms with Gasteiger partial charge in [-0.25, -0.2) is 0 Å². The van der Waals surface area contributed by atoms with Crippen molar-refractivity contribution in [1.82, 2.24) is 10.6 Å². The zero-order valence-corrected chi connectivity index (χ0v) is 15.1. The van der Waals surface area contributed by atoms with E-state index in [1.165, 1.54) is 0 Å². The maximum absolute atomic E-state index is 11.9. The number of amides is 1. The van der Waals surface area contributed by atoms with Gasteiger partial charge in [0.2, 0.25) is 0 Å². The third-order valence-electron chi connectivity index (χ3n) is 3.85. The van der Waals surface area contributed by atoms with Gasteiger partial charge < -0.3 is 15.4 Å². The number of rotatable bonds is 4. The van der Waals surface area contributed by atoms with Crippen LogP contribution in [0.2, 0.25) is 0 Å². The largest absolute Gasteiger partial charge is 0.484 e. The summed E-state index contributed by atoms with van der Waals surface area (Å²) in [4.78, 5) is 11.9. The summed E-state index contributed by atoms with van der Waals surface area (Å²) < 4.78 is 6.66. The molecule has 3 rings (SSSR count). The lowest BCUT2D eigenvalue weighted by Gasteiger charge is -2.23. The van der Waals surface area contributed by atoms with Crippen molar-refractivity contribution in [2.75, 3.05) is 19.7 Å². The minimum absolute atomic E-state index is 0. The molecule has 2 N–H and O–H groups in total. The molecule has 1 amide bonds. The molecular formula is C17H20BrClN2O2. The number of nitrogens with one attached hydrogen (secondary N) is 2. The molecule has 0 saturated carbocycles. The van der Waals surface area contributed by atoms with Crippen molar-refractivity contribution in [3.8, 4) is 5.75 Å². The van der Waals surface area contributed by atoms with Crippen LogP contribution in [0.1, 0.15) is 12.8 Å². The average Bonchev–Trinajstić information content (AvgIpc) is 2.54. The number of piperidine rings is 1. The van der Waals surface area contributed by atoms with E-state index in [1.807, 2.05) is 30.3 Å². The SMILES string of the molecule is Cl.O=C(COc1ccc2cc(Br)ccc2c1)NC1CCNCC1. The zero-order chi connectivity index (χ0) is 15.4. The number of carbonyl (C=O) groups excluding carboxylic acids is 1. The van der Waals surface area contributed by atoms with Crippen molar-refractivity contribution < 1.29 is 9.53 Å². The molecule has 23 heavy (non-hydrogen) atoms. The molecule has 2 aromatic carbocycles. The molecule has 1 fully saturated rings.